The molecule has 1 amide bonds. The SMILES string of the molecule is NC(=O)CC(O)C(O)c1cc(Cl)ncc1C(F)(F)F. The van der Waals surface area contributed by atoms with Crippen LogP contribution < -0.4 is 5.73 Å². The summed E-state index contributed by atoms with van der Waals surface area (Å²) in [5, 5.41) is 18.8. The van der Waals surface area contributed by atoms with E-state index in [2.05, 4.69) is 4.98 Å². The number of nitrogens with two attached hydrogens (primary N) is 1. The molecule has 1 rings (SSSR count). The lowest BCUT2D eigenvalue weighted by molar-refractivity contribution is -0.140. The summed E-state index contributed by atoms with van der Waals surface area (Å²) in [6.45, 7) is 0. The summed E-state index contributed by atoms with van der Waals surface area (Å²) in [4.78, 5) is 13.9. The van der Waals surface area contributed by atoms with Crippen molar-refractivity contribution < 1.29 is 28.2 Å². The zero-order valence-corrected chi connectivity index (χ0v) is 10.1. The molecule has 0 aliphatic carbocycles. The number of hydrogen-bond donors (Lipinski definition) is 3. The van der Waals surface area contributed by atoms with E-state index in [1.807, 2.05) is 0 Å². The Morgan fingerprint density at radius 2 is 2.05 bits per heavy atom. The van der Waals surface area contributed by atoms with E-state index in [9.17, 15) is 28.2 Å². The Bertz CT molecular complexity index is 482. The molecule has 0 aromatic carbocycles. The summed E-state index contributed by atoms with van der Waals surface area (Å²) < 4.78 is 38.1. The molecule has 1 aromatic heterocycles. The number of aliphatic hydroxyl groups is 2. The fourth-order valence-electron chi connectivity index (χ4n) is 1.45. The number of amides is 1. The molecule has 0 spiro atoms. The Kier molecular flexibility index (Phi) is 4.72. The second-order valence-electron chi connectivity index (χ2n) is 3.77. The molecule has 0 saturated carbocycles. The summed E-state index contributed by atoms with van der Waals surface area (Å²) in [6.07, 6.45) is -8.74. The van der Waals surface area contributed by atoms with Crippen LogP contribution in [0.5, 0.6) is 0 Å². The molecule has 0 radical (unpaired) electrons. The van der Waals surface area contributed by atoms with Gasteiger partial charge in [0.25, 0.3) is 0 Å². The quantitative estimate of drug-likeness (QED) is 0.723. The van der Waals surface area contributed by atoms with E-state index in [4.69, 9.17) is 17.3 Å². The first kappa shape index (κ1) is 15.7. The highest BCUT2D eigenvalue weighted by Crippen LogP contribution is 2.36. The molecule has 2 atom stereocenters. The Labute approximate surface area is 110 Å². The third-order valence-corrected chi connectivity index (χ3v) is 2.51. The van der Waals surface area contributed by atoms with Crippen molar-refractivity contribution in [2.75, 3.05) is 0 Å². The molecular formula is C10H10ClF3N2O3. The number of carbonyl (C=O) groups excluding carboxylic acids is 1. The number of alkyl halides is 3. The van der Waals surface area contributed by atoms with Crippen LogP contribution in [-0.4, -0.2) is 27.2 Å². The van der Waals surface area contributed by atoms with Gasteiger partial charge >= 0.3 is 6.18 Å². The predicted octanol–water partition coefficient (Wildman–Crippen LogP) is 1.02. The van der Waals surface area contributed by atoms with Gasteiger partial charge in [0.05, 0.1) is 18.1 Å². The molecule has 9 heteroatoms. The lowest BCUT2D eigenvalue weighted by Crippen LogP contribution is -2.27. The highest BCUT2D eigenvalue weighted by atomic mass is 35.5. The summed E-state index contributed by atoms with van der Waals surface area (Å²) in [5.41, 5.74) is 2.88. The van der Waals surface area contributed by atoms with Gasteiger partial charge in [-0.05, 0) is 11.6 Å². The van der Waals surface area contributed by atoms with Gasteiger partial charge < -0.3 is 15.9 Å². The summed E-state index contributed by atoms with van der Waals surface area (Å²) in [5.74, 6) is -0.958. The molecule has 106 valence electrons. The van der Waals surface area contributed by atoms with Crippen molar-refractivity contribution in [1.29, 1.82) is 0 Å². The van der Waals surface area contributed by atoms with Crippen LogP contribution in [-0.2, 0) is 11.0 Å². The van der Waals surface area contributed by atoms with Crippen molar-refractivity contribution in [2.45, 2.75) is 24.8 Å². The molecule has 5 nitrogen and oxygen atoms in total. The van der Waals surface area contributed by atoms with E-state index >= 15 is 0 Å². The standard InChI is InChI=1S/C10H10ClF3N2O3/c11-7-1-4(5(3-16-7)10(12,13)14)9(19)6(17)2-8(15)18/h1,3,6,9,17,19H,2H2,(H2,15,18). The highest BCUT2D eigenvalue weighted by Gasteiger charge is 2.37. The molecule has 19 heavy (non-hydrogen) atoms. The number of pyridine rings is 1. The maximum Gasteiger partial charge on any atom is 0.418 e. The Balaban J connectivity index is 3.17. The number of nitrogens with zero attached hydrogens (tertiary/aromatic N) is 1. The number of aromatic nitrogens is 1. The van der Waals surface area contributed by atoms with E-state index < -0.39 is 41.8 Å². The Hall–Kier alpha value is -1.38. The van der Waals surface area contributed by atoms with Crippen LogP contribution in [0.1, 0.15) is 23.7 Å². The van der Waals surface area contributed by atoms with Gasteiger partial charge in [-0.15, -0.1) is 0 Å². The first-order valence-corrected chi connectivity index (χ1v) is 5.37. The monoisotopic (exact) mass is 298 g/mol. The molecule has 0 aliphatic heterocycles. The third-order valence-electron chi connectivity index (χ3n) is 2.30. The number of carbonyl (C=O) groups is 1. The highest BCUT2D eigenvalue weighted by molar-refractivity contribution is 6.29. The van der Waals surface area contributed by atoms with Crippen LogP contribution in [0.4, 0.5) is 13.2 Å². The van der Waals surface area contributed by atoms with Gasteiger partial charge in [0.1, 0.15) is 11.3 Å². The van der Waals surface area contributed by atoms with Gasteiger partial charge in [0.2, 0.25) is 5.91 Å². The molecule has 0 aliphatic rings. The lowest BCUT2D eigenvalue weighted by atomic mass is 9.98. The lowest BCUT2D eigenvalue weighted by Gasteiger charge is -2.20. The van der Waals surface area contributed by atoms with Crippen LogP contribution in [0.2, 0.25) is 5.15 Å². The van der Waals surface area contributed by atoms with Crippen molar-refractivity contribution in [2.24, 2.45) is 5.73 Å². The molecule has 0 saturated heterocycles. The van der Waals surface area contributed by atoms with Gasteiger partial charge in [-0.1, -0.05) is 11.6 Å². The van der Waals surface area contributed by atoms with Crippen LogP contribution in [0, 0.1) is 0 Å². The third kappa shape index (κ3) is 4.05. The number of hydrogen-bond acceptors (Lipinski definition) is 4. The average Bonchev–Trinajstić information content (AvgIpc) is 2.25. The molecule has 2 unspecified atom stereocenters. The van der Waals surface area contributed by atoms with E-state index in [0.717, 1.165) is 6.07 Å². The maximum atomic E-state index is 12.7. The van der Waals surface area contributed by atoms with E-state index in [1.165, 1.54) is 0 Å². The van der Waals surface area contributed by atoms with Crippen molar-refractivity contribution in [3.05, 3.63) is 28.5 Å². The van der Waals surface area contributed by atoms with Gasteiger partial charge in [-0.2, -0.15) is 13.2 Å². The number of primary amides is 1. The fraction of sp³-hybridized carbons (Fsp3) is 0.400. The van der Waals surface area contributed by atoms with E-state index in [1.54, 1.807) is 0 Å². The number of halogens is 4. The van der Waals surface area contributed by atoms with Crippen LogP contribution in [0.15, 0.2) is 12.3 Å². The summed E-state index contributed by atoms with van der Waals surface area (Å²) in [6, 6.07) is 0.777. The number of aliphatic hydroxyl groups excluding tert-OH is 2. The smallest absolute Gasteiger partial charge is 0.390 e. The molecule has 1 heterocycles. The summed E-state index contributed by atoms with van der Waals surface area (Å²) in [7, 11) is 0. The molecular weight excluding hydrogens is 289 g/mol. The summed E-state index contributed by atoms with van der Waals surface area (Å²) >= 11 is 5.46. The van der Waals surface area contributed by atoms with Crippen LogP contribution in [0.25, 0.3) is 0 Å². The van der Waals surface area contributed by atoms with Crippen LogP contribution in [0.3, 0.4) is 0 Å². The van der Waals surface area contributed by atoms with Crippen LogP contribution >= 0.6 is 11.6 Å². The van der Waals surface area contributed by atoms with Gasteiger partial charge in [0, 0.05) is 6.20 Å². The van der Waals surface area contributed by atoms with Crippen molar-refractivity contribution in [3.8, 4) is 0 Å². The number of rotatable bonds is 4. The van der Waals surface area contributed by atoms with E-state index in [-0.39, 0.29) is 5.15 Å². The van der Waals surface area contributed by atoms with Crippen molar-refractivity contribution in [1.82, 2.24) is 4.98 Å². The molecule has 4 N–H and O–H groups in total. The normalized spacial score (nSPS) is 15.1. The van der Waals surface area contributed by atoms with E-state index in [0.29, 0.717) is 6.20 Å². The Morgan fingerprint density at radius 3 is 2.53 bits per heavy atom. The first-order valence-electron chi connectivity index (χ1n) is 5.00. The second-order valence-corrected chi connectivity index (χ2v) is 4.16. The second kappa shape index (κ2) is 5.72. The largest absolute Gasteiger partial charge is 0.418 e. The minimum Gasteiger partial charge on any atom is -0.390 e. The van der Waals surface area contributed by atoms with Gasteiger partial charge in [0.15, 0.2) is 0 Å². The molecule has 0 fully saturated rings. The zero-order chi connectivity index (χ0) is 14.8. The molecule has 1 aromatic rings. The maximum absolute atomic E-state index is 12.7. The molecule has 0 bridgehead atoms. The van der Waals surface area contributed by atoms with Gasteiger partial charge in [-0.3, -0.25) is 4.79 Å². The van der Waals surface area contributed by atoms with Gasteiger partial charge in [-0.25, -0.2) is 4.98 Å². The minimum absolute atomic E-state index is 0.284. The topological polar surface area (TPSA) is 96.4 Å². The predicted molar refractivity (Wildman–Crippen MR) is 59.0 cm³/mol. The van der Waals surface area contributed by atoms with Crippen molar-refractivity contribution in [3.63, 3.8) is 0 Å². The zero-order valence-electron chi connectivity index (χ0n) is 9.36. The average molecular weight is 299 g/mol. The fourth-order valence-corrected chi connectivity index (χ4v) is 1.62. The Morgan fingerprint density at radius 1 is 1.47 bits per heavy atom. The first-order chi connectivity index (χ1) is 8.62. The minimum atomic E-state index is -4.78. The van der Waals surface area contributed by atoms with Crippen molar-refractivity contribution >= 4 is 17.5 Å².